The topological polar surface area (TPSA) is 0 Å². The van der Waals surface area contributed by atoms with Gasteiger partial charge in [-0.1, -0.05) is 48.1 Å². The molecule has 0 saturated heterocycles. The minimum Gasteiger partial charge on any atom is -0.0801 e. The van der Waals surface area contributed by atoms with E-state index in [4.69, 9.17) is 0 Å². The van der Waals surface area contributed by atoms with E-state index in [0.717, 1.165) is 12.3 Å². The van der Waals surface area contributed by atoms with Crippen LogP contribution in [0.5, 0.6) is 0 Å². The summed E-state index contributed by atoms with van der Waals surface area (Å²) in [5, 5.41) is 0. The van der Waals surface area contributed by atoms with E-state index < -0.39 is 0 Å². The molecule has 0 nitrogen and oxygen atoms in total. The molecule has 0 heteroatoms. The van der Waals surface area contributed by atoms with Crippen molar-refractivity contribution in [3.8, 4) is 0 Å². The van der Waals surface area contributed by atoms with Crippen LogP contribution in [0, 0.1) is 12.8 Å². The van der Waals surface area contributed by atoms with Crippen LogP contribution in [-0.4, -0.2) is 0 Å². The predicted molar refractivity (Wildman–Crippen MR) is 78.3 cm³/mol. The van der Waals surface area contributed by atoms with E-state index in [-0.39, 0.29) is 0 Å². The lowest BCUT2D eigenvalue weighted by Crippen LogP contribution is -1.96. The van der Waals surface area contributed by atoms with Crippen molar-refractivity contribution in [3.05, 3.63) is 64.8 Å². The first kappa shape index (κ1) is 11.5. The predicted octanol–water partition coefficient (Wildman–Crippen LogP) is 5.06. The zero-order chi connectivity index (χ0) is 12.5. The minimum absolute atomic E-state index is 0.804. The Morgan fingerprint density at radius 2 is 1.83 bits per heavy atom. The fourth-order valence-corrected chi connectivity index (χ4v) is 2.87. The van der Waals surface area contributed by atoms with E-state index in [1.807, 2.05) is 0 Å². The van der Waals surface area contributed by atoms with Crippen LogP contribution in [0.1, 0.15) is 37.3 Å². The van der Waals surface area contributed by atoms with Crippen LogP contribution in [-0.2, 0) is 0 Å². The first-order valence-electron chi connectivity index (χ1n) is 6.91. The second-order valence-electron chi connectivity index (χ2n) is 5.44. The highest BCUT2D eigenvalue weighted by molar-refractivity contribution is 5.82. The molecule has 2 aliphatic rings. The molecule has 0 aliphatic heterocycles. The van der Waals surface area contributed by atoms with Gasteiger partial charge in [0.25, 0.3) is 0 Å². The van der Waals surface area contributed by atoms with Crippen molar-refractivity contribution >= 4 is 5.57 Å². The Balaban J connectivity index is 2.19. The van der Waals surface area contributed by atoms with Gasteiger partial charge in [0, 0.05) is 0 Å². The van der Waals surface area contributed by atoms with Gasteiger partial charge in [0.2, 0.25) is 0 Å². The molecule has 0 heterocycles. The van der Waals surface area contributed by atoms with Crippen molar-refractivity contribution in [2.45, 2.75) is 33.1 Å². The number of hydrogen-bond acceptors (Lipinski definition) is 0. The molecular formula is C18H20. The molecule has 0 aromatic heterocycles. The van der Waals surface area contributed by atoms with Crippen LogP contribution in [0.4, 0.5) is 0 Å². The molecule has 0 atom stereocenters. The number of rotatable bonds is 2. The third-order valence-electron chi connectivity index (χ3n) is 3.98. The third kappa shape index (κ3) is 2.08. The van der Waals surface area contributed by atoms with Crippen LogP contribution in [0.25, 0.3) is 5.57 Å². The normalized spacial score (nSPS) is 19.8. The molecule has 1 saturated carbocycles. The summed E-state index contributed by atoms with van der Waals surface area (Å²) in [5.41, 5.74) is 7.33. The van der Waals surface area contributed by atoms with Gasteiger partial charge in [0.05, 0.1) is 0 Å². The van der Waals surface area contributed by atoms with Gasteiger partial charge in [-0.2, -0.15) is 0 Å². The smallest absolute Gasteiger partial charge is 0.0147 e. The lowest BCUT2D eigenvalue weighted by molar-refractivity contribution is 1.02. The van der Waals surface area contributed by atoms with Gasteiger partial charge in [-0.05, 0) is 61.3 Å². The fraction of sp³-hybridized carbons (Fsp3) is 0.333. The lowest BCUT2D eigenvalue weighted by atomic mass is 9.90. The van der Waals surface area contributed by atoms with Crippen LogP contribution in [0.2, 0.25) is 0 Å². The summed E-state index contributed by atoms with van der Waals surface area (Å²) in [4.78, 5) is 0. The van der Waals surface area contributed by atoms with E-state index in [9.17, 15) is 0 Å². The SMILES string of the molecule is CC1=CCC=CC(c2ccccc2C)=C1C1CC1. The average molecular weight is 236 g/mol. The summed E-state index contributed by atoms with van der Waals surface area (Å²) in [5.74, 6) is 0.804. The summed E-state index contributed by atoms with van der Waals surface area (Å²) in [6, 6.07) is 8.75. The van der Waals surface area contributed by atoms with E-state index in [2.05, 4.69) is 56.3 Å². The molecule has 18 heavy (non-hydrogen) atoms. The molecule has 92 valence electrons. The Morgan fingerprint density at radius 1 is 1.06 bits per heavy atom. The highest BCUT2D eigenvalue weighted by Crippen LogP contribution is 2.45. The maximum absolute atomic E-state index is 2.37. The molecule has 3 rings (SSSR count). The first-order chi connectivity index (χ1) is 8.77. The van der Waals surface area contributed by atoms with Crippen LogP contribution in [0.15, 0.2) is 53.6 Å². The second-order valence-corrected chi connectivity index (χ2v) is 5.44. The van der Waals surface area contributed by atoms with E-state index >= 15 is 0 Å². The molecule has 0 spiro atoms. The largest absolute Gasteiger partial charge is 0.0801 e. The quantitative estimate of drug-likeness (QED) is 0.673. The Labute approximate surface area is 110 Å². The molecular weight excluding hydrogens is 216 g/mol. The standard InChI is InChI=1S/C18H20/c1-13-7-3-5-9-16(13)17-10-6-4-8-14(2)18(17)15-11-12-15/h3,5-10,15H,4,11-12H2,1-2H3. The van der Waals surface area contributed by atoms with E-state index in [0.29, 0.717) is 0 Å². The minimum atomic E-state index is 0.804. The van der Waals surface area contributed by atoms with E-state index in [1.165, 1.54) is 35.1 Å². The maximum atomic E-state index is 2.37. The molecule has 1 fully saturated rings. The van der Waals surface area contributed by atoms with Gasteiger partial charge < -0.3 is 0 Å². The number of hydrogen-bond donors (Lipinski definition) is 0. The van der Waals surface area contributed by atoms with Gasteiger partial charge in [0.1, 0.15) is 0 Å². The Kier molecular flexibility index (Phi) is 2.95. The summed E-state index contributed by atoms with van der Waals surface area (Å²) < 4.78 is 0. The van der Waals surface area contributed by atoms with Gasteiger partial charge in [-0.25, -0.2) is 0 Å². The molecule has 0 amide bonds. The van der Waals surface area contributed by atoms with Crippen molar-refractivity contribution in [2.24, 2.45) is 5.92 Å². The molecule has 0 N–H and O–H groups in total. The molecule has 0 bridgehead atoms. The zero-order valence-electron chi connectivity index (χ0n) is 11.2. The number of benzene rings is 1. The first-order valence-corrected chi connectivity index (χ1v) is 6.91. The van der Waals surface area contributed by atoms with Crippen molar-refractivity contribution in [2.75, 3.05) is 0 Å². The Hall–Kier alpha value is -1.56. The monoisotopic (exact) mass is 236 g/mol. The summed E-state index contributed by atoms with van der Waals surface area (Å²) in [6.07, 6.45) is 10.8. The summed E-state index contributed by atoms with van der Waals surface area (Å²) >= 11 is 0. The van der Waals surface area contributed by atoms with Gasteiger partial charge in [-0.15, -0.1) is 0 Å². The summed E-state index contributed by atoms with van der Waals surface area (Å²) in [6.45, 7) is 4.49. The average Bonchev–Trinajstić information content (AvgIpc) is 3.17. The highest BCUT2D eigenvalue weighted by atomic mass is 14.3. The van der Waals surface area contributed by atoms with E-state index in [1.54, 1.807) is 5.57 Å². The number of allylic oxidation sites excluding steroid dienone is 6. The van der Waals surface area contributed by atoms with Crippen LogP contribution >= 0.6 is 0 Å². The Bertz CT molecular complexity index is 551. The zero-order valence-corrected chi connectivity index (χ0v) is 11.2. The van der Waals surface area contributed by atoms with Crippen molar-refractivity contribution < 1.29 is 0 Å². The molecule has 1 aromatic carbocycles. The Morgan fingerprint density at radius 3 is 2.56 bits per heavy atom. The second kappa shape index (κ2) is 4.61. The van der Waals surface area contributed by atoms with Crippen LogP contribution in [0.3, 0.4) is 0 Å². The van der Waals surface area contributed by atoms with Crippen LogP contribution < -0.4 is 0 Å². The molecule has 2 aliphatic carbocycles. The summed E-state index contributed by atoms with van der Waals surface area (Å²) in [7, 11) is 0. The van der Waals surface area contributed by atoms with Crippen molar-refractivity contribution in [1.29, 1.82) is 0 Å². The van der Waals surface area contributed by atoms with Gasteiger partial charge >= 0.3 is 0 Å². The van der Waals surface area contributed by atoms with Gasteiger partial charge in [0.15, 0.2) is 0 Å². The molecule has 0 radical (unpaired) electrons. The lowest BCUT2D eigenvalue weighted by Gasteiger charge is -2.14. The number of aryl methyl sites for hydroxylation is 1. The molecule has 0 unspecified atom stereocenters. The third-order valence-corrected chi connectivity index (χ3v) is 3.98. The van der Waals surface area contributed by atoms with Crippen molar-refractivity contribution in [1.82, 2.24) is 0 Å². The highest BCUT2D eigenvalue weighted by Gasteiger charge is 2.29. The van der Waals surface area contributed by atoms with Gasteiger partial charge in [-0.3, -0.25) is 0 Å². The fourth-order valence-electron chi connectivity index (χ4n) is 2.87. The van der Waals surface area contributed by atoms with Crippen molar-refractivity contribution in [3.63, 3.8) is 0 Å². The molecule has 1 aromatic rings. The maximum Gasteiger partial charge on any atom is -0.0147 e.